The normalized spacial score (nSPS) is 15.4. The molecular weight excluding hydrogens is 378 g/mol. The van der Waals surface area contributed by atoms with Crippen LogP contribution in [0.15, 0.2) is 49.3 Å². The summed E-state index contributed by atoms with van der Waals surface area (Å²) in [6, 6.07) is 7.75. The molecule has 0 N–H and O–H groups in total. The van der Waals surface area contributed by atoms with Gasteiger partial charge in [0.15, 0.2) is 0 Å². The minimum atomic E-state index is -0.514. The molecule has 3 aromatic rings. The molecule has 4 rings (SSSR count). The highest BCUT2D eigenvalue weighted by molar-refractivity contribution is 5.99. The molecule has 0 spiro atoms. The van der Waals surface area contributed by atoms with E-state index in [1.807, 2.05) is 6.92 Å². The van der Waals surface area contributed by atoms with Crippen molar-refractivity contribution in [2.24, 2.45) is 5.41 Å². The Labute approximate surface area is 174 Å². The quantitative estimate of drug-likeness (QED) is 0.663. The lowest BCUT2D eigenvalue weighted by atomic mass is 9.75. The Morgan fingerprint density at radius 3 is 2.57 bits per heavy atom. The van der Waals surface area contributed by atoms with Gasteiger partial charge in [0, 0.05) is 37.9 Å². The van der Waals surface area contributed by atoms with Crippen molar-refractivity contribution in [1.29, 1.82) is 5.26 Å². The van der Waals surface area contributed by atoms with Gasteiger partial charge in [-0.15, -0.1) is 0 Å². The molecule has 1 fully saturated rings. The zero-order valence-corrected chi connectivity index (χ0v) is 16.7. The SMILES string of the molecule is Cc1ncc(CC2(C#N)CCN(C(=O)c3cccnc3-c3ccncn3)CC2)cn1. The second-order valence-electron chi connectivity index (χ2n) is 7.49. The number of hydrogen-bond acceptors (Lipinski definition) is 7. The van der Waals surface area contributed by atoms with Gasteiger partial charge in [-0.1, -0.05) is 0 Å². The van der Waals surface area contributed by atoms with Gasteiger partial charge in [0.25, 0.3) is 5.91 Å². The smallest absolute Gasteiger partial charge is 0.256 e. The first-order chi connectivity index (χ1) is 14.6. The average Bonchev–Trinajstić information content (AvgIpc) is 2.81. The predicted molar refractivity (Wildman–Crippen MR) is 109 cm³/mol. The summed E-state index contributed by atoms with van der Waals surface area (Å²) in [6.45, 7) is 2.86. The number of aromatic nitrogens is 5. The van der Waals surface area contributed by atoms with Gasteiger partial charge in [-0.3, -0.25) is 9.78 Å². The number of pyridine rings is 1. The number of aryl methyl sites for hydroxylation is 1. The van der Waals surface area contributed by atoms with E-state index in [1.54, 1.807) is 47.9 Å². The molecule has 0 aromatic carbocycles. The monoisotopic (exact) mass is 399 g/mol. The molecule has 0 aliphatic carbocycles. The molecule has 8 nitrogen and oxygen atoms in total. The summed E-state index contributed by atoms with van der Waals surface area (Å²) < 4.78 is 0. The Balaban J connectivity index is 1.50. The Kier molecular flexibility index (Phi) is 5.44. The largest absolute Gasteiger partial charge is 0.338 e. The Morgan fingerprint density at radius 2 is 1.90 bits per heavy atom. The van der Waals surface area contributed by atoms with Crippen LogP contribution in [0.1, 0.15) is 34.6 Å². The van der Waals surface area contributed by atoms with E-state index >= 15 is 0 Å². The maximum Gasteiger partial charge on any atom is 0.256 e. The molecule has 1 saturated heterocycles. The fraction of sp³-hybridized carbons (Fsp3) is 0.318. The van der Waals surface area contributed by atoms with Crippen LogP contribution in [0.25, 0.3) is 11.4 Å². The predicted octanol–water partition coefficient (Wildman–Crippen LogP) is 2.63. The van der Waals surface area contributed by atoms with E-state index < -0.39 is 5.41 Å². The van der Waals surface area contributed by atoms with Crippen molar-refractivity contribution in [2.75, 3.05) is 13.1 Å². The first kappa shape index (κ1) is 19.6. The van der Waals surface area contributed by atoms with E-state index in [2.05, 4.69) is 31.0 Å². The number of amides is 1. The summed E-state index contributed by atoms with van der Waals surface area (Å²) in [5, 5.41) is 9.87. The molecule has 4 heterocycles. The van der Waals surface area contributed by atoms with E-state index in [-0.39, 0.29) is 5.91 Å². The van der Waals surface area contributed by atoms with Crippen LogP contribution < -0.4 is 0 Å². The van der Waals surface area contributed by atoms with Gasteiger partial charge in [-0.2, -0.15) is 5.26 Å². The molecule has 0 saturated carbocycles. The average molecular weight is 399 g/mol. The molecule has 0 radical (unpaired) electrons. The lowest BCUT2D eigenvalue weighted by molar-refractivity contribution is 0.0647. The summed E-state index contributed by atoms with van der Waals surface area (Å²) in [4.78, 5) is 36.0. The fourth-order valence-corrected chi connectivity index (χ4v) is 3.75. The van der Waals surface area contributed by atoms with Crippen LogP contribution >= 0.6 is 0 Å². The molecule has 1 aliphatic rings. The molecule has 8 heteroatoms. The first-order valence-electron chi connectivity index (χ1n) is 9.80. The number of nitrogens with zero attached hydrogens (tertiary/aromatic N) is 7. The van der Waals surface area contributed by atoms with E-state index in [0.717, 1.165) is 5.56 Å². The van der Waals surface area contributed by atoms with Crippen LogP contribution in [0, 0.1) is 23.7 Å². The maximum absolute atomic E-state index is 13.2. The summed E-state index contributed by atoms with van der Waals surface area (Å²) in [6.07, 6.45) is 10.1. The van der Waals surface area contributed by atoms with Crippen LogP contribution in [-0.4, -0.2) is 48.8 Å². The highest BCUT2D eigenvalue weighted by atomic mass is 16.2. The lowest BCUT2D eigenvalue weighted by Gasteiger charge is -2.37. The van der Waals surface area contributed by atoms with E-state index in [0.29, 0.717) is 55.1 Å². The molecule has 1 amide bonds. The Hall–Kier alpha value is -3.73. The van der Waals surface area contributed by atoms with Crippen LogP contribution in [0.2, 0.25) is 0 Å². The van der Waals surface area contributed by atoms with Gasteiger partial charge in [0.2, 0.25) is 0 Å². The molecule has 30 heavy (non-hydrogen) atoms. The van der Waals surface area contributed by atoms with Crippen LogP contribution in [-0.2, 0) is 6.42 Å². The second-order valence-corrected chi connectivity index (χ2v) is 7.49. The molecule has 150 valence electrons. The van der Waals surface area contributed by atoms with Crippen LogP contribution in [0.3, 0.4) is 0 Å². The number of piperidine rings is 1. The van der Waals surface area contributed by atoms with Gasteiger partial charge in [-0.25, -0.2) is 19.9 Å². The minimum Gasteiger partial charge on any atom is -0.338 e. The number of hydrogen-bond donors (Lipinski definition) is 0. The highest BCUT2D eigenvalue weighted by Gasteiger charge is 2.37. The van der Waals surface area contributed by atoms with Crippen molar-refractivity contribution in [1.82, 2.24) is 29.8 Å². The number of carbonyl (C=O) groups excluding carboxylic acids is 1. The topological polar surface area (TPSA) is 109 Å². The van der Waals surface area contributed by atoms with Crippen molar-refractivity contribution in [2.45, 2.75) is 26.2 Å². The van der Waals surface area contributed by atoms with E-state index in [4.69, 9.17) is 0 Å². The highest BCUT2D eigenvalue weighted by Crippen LogP contribution is 2.35. The molecule has 0 unspecified atom stereocenters. The van der Waals surface area contributed by atoms with E-state index in [9.17, 15) is 10.1 Å². The summed E-state index contributed by atoms with van der Waals surface area (Å²) in [7, 11) is 0. The number of rotatable bonds is 4. The van der Waals surface area contributed by atoms with Crippen molar-refractivity contribution in [3.63, 3.8) is 0 Å². The molecular formula is C22H21N7O. The standard InChI is InChI=1S/C22H21N7O/c1-16-26-12-17(13-27-16)11-22(14-23)5-9-29(10-6-22)21(30)18-3-2-7-25-20(18)19-4-8-24-15-28-19/h2-4,7-8,12-13,15H,5-6,9-11H2,1H3. The third kappa shape index (κ3) is 4.01. The maximum atomic E-state index is 13.2. The van der Waals surface area contributed by atoms with Crippen LogP contribution in [0.5, 0.6) is 0 Å². The number of carbonyl (C=O) groups is 1. The zero-order chi connectivity index (χ0) is 21.0. The lowest BCUT2D eigenvalue weighted by Crippen LogP contribution is -2.43. The number of nitriles is 1. The van der Waals surface area contributed by atoms with Crippen LogP contribution in [0.4, 0.5) is 0 Å². The second kappa shape index (κ2) is 8.33. The third-order valence-corrected chi connectivity index (χ3v) is 5.48. The zero-order valence-electron chi connectivity index (χ0n) is 16.7. The summed E-state index contributed by atoms with van der Waals surface area (Å²) in [5.74, 6) is 0.614. The van der Waals surface area contributed by atoms with Gasteiger partial charge >= 0.3 is 0 Å². The third-order valence-electron chi connectivity index (χ3n) is 5.48. The van der Waals surface area contributed by atoms with Crippen molar-refractivity contribution < 1.29 is 4.79 Å². The van der Waals surface area contributed by atoms with E-state index in [1.165, 1.54) is 6.33 Å². The van der Waals surface area contributed by atoms with Crippen molar-refractivity contribution in [3.8, 4) is 17.5 Å². The fourth-order valence-electron chi connectivity index (χ4n) is 3.75. The first-order valence-corrected chi connectivity index (χ1v) is 9.80. The van der Waals surface area contributed by atoms with Crippen molar-refractivity contribution >= 4 is 5.91 Å². The molecule has 3 aromatic heterocycles. The molecule has 0 atom stereocenters. The van der Waals surface area contributed by atoms with Gasteiger partial charge in [-0.05, 0) is 49.9 Å². The molecule has 0 bridgehead atoms. The summed E-state index contributed by atoms with van der Waals surface area (Å²) in [5.41, 5.74) is 2.09. The Bertz CT molecular complexity index is 1070. The van der Waals surface area contributed by atoms with Gasteiger partial charge in [0.05, 0.1) is 22.7 Å². The minimum absolute atomic E-state index is 0.0954. The van der Waals surface area contributed by atoms with Crippen molar-refractivity contribution in [3.05, 3.63) is 66.3 Å². The van der Waals surface area contributed by atoms with Gasteiger partial charge in [0.1, 0.15) is 17.8 Å². The summed E-state index contributed by atoms with van der Waals surface area (Å²) >= 11 is 0. The van der Waals surface area contributed by atoms with Gasteiger partial charge < -0.3 is 4.90 Å². The Morgan fingerprint density at radius 1 is 1.13 bits per heavy atom. The molecule has 1 aliphatic heterocycles. The number of likely N-dealkylation sites (tertiary alicyclic amines) is 1.